The number of aliphatic hydroxyl groups is 1. The summed E-state index contributed by atoms with van der Waals surface area (Å²) in [5.41, 5.74) is 1.35. The number of carbonyl (C=O) groups is 1. The Kier molecular flexibility index (Phi) is 7.90. The van der Waals surface area contributed by atoms with Gasteiger partial charge in [0.25, 0.3) is 0 Å². The summed E-state index contributed by atoms with van der Waals surface area (Å²) in [6, 6.07) is 2.15. The van der Waals surface area contributed by atoms with Gasteiger partial charge in [-0.05, 0) is 43.2 Å². The van der Waals surface area contributed by atoms with Crippen LogP contribution in [0.25, 0.3) is 0 Å². The lowest BCUT2D eigenvalue weighted by Crippen LogP contribution is -2.52. The first-order valence-electron chi connectivity index (χ1n) is 12.5. The van der Waals surface area contributed by atoms with Crippen LogP contribution in [0, 0.1) is 23.4 Å². The molecule has 1 aromatic heterocycles. The van der Waals surface area contributed by atoms with Gasteiger partial charge in [-0.3, -0.25) is 4.79 Å². The summed E-state index contributed by atoms with van der Waals surface area (Å²) >= 11 is 0. The van der Waals surface area contributed by atoms with Gasteiger partial charge in [-0.1, -0.05) is 13.8 Å². The van der Waals surface area contributed by atoms with E-state index in [9.17, 15) is 23.1 Å². The van der Waals surface area contributed by atoms with Crippen molar-refractivity contribution >= 4 is 5.91 Å². The van der Waals surface area contributed by atoms with Crippen molar-refractivity contribution in [1.29, 1.82) is 0 Å². The maximum Gasteiger partial charge on any atom is 0.218 e. The fourth-order valence-corrected chi connectivity index (χ4v) is 5.16. The molecule has 0 unspecified atom stereocenters. The molecule has 1 amide bonds. The summed E-state index contributed by atoms with van der Waals surface area (Å²) in [7, 11) is 0. The number of amides is 1. The predicted octanol–water partition coefficient (Wildman–Crippen LogP) is 4.14. The molecule has 196 valence electrons. The SMILES string of the molecule is CC(=O)N[C@@H](Cc1c(F)cc(F)cc1F)[C@@H](O)CN[C@H]1CC2(CCC2)Oc2ncc(CC(C)C)cc21. The van der Waals surface area contributed by atoms with Gasteiger partial charge in [0.2, 0.25) is 11.8 Å². The molecule has 3 atom stereocenters. The second kappa shape index (κ2) is 10.8. The third-order valence-electron chi connectivity index (χ3n) is 7.07. The fraction of sp³-hybridized carbons (Fsp3) is 0.556. The molecule has 1 aliphatic heterocycles. The molecular formula is C27H34F3N3O3. The number of aromatic nitrogens is 1. The van der Waals surface area contributed by atoms with E-state index in [-0.39, 0.29) is 30.2 Å². The number of hydrogen-bond donors (Lipinski definition) is 3. The maximum absolute atomic E-state index is 14.3. The summed E-state index contributed by atoms with van der Waals surface area (Å²) in [4.78, 5) is 16.4. The molecular weight excluding hydrogens is 471 g/mol. The number of fused-ring (bicyclic) bond motifs is 1. The van der Waals surface area contributed by atoms with Crippen LogP contribution in [0.3, 0.4) is 0 Å². The molecule has 1 aliphatic carbocycles. The van der Waals surface area contributed by atoms with Crippen LogP contribution in [-0.2, 0) is 17.6 Å². The van der Waals surface area contributed by atoms with E-state index in [1.165, 1.54) is 6.92 Å². The fourth-order valence-electron chi connectivity index (χ4n) is 5.16. The Balaban J connectivity index is 1.52. The molecule has 2 heterocycles. The normalized spacial score (nSPS) is 19.8. The molecule has 4 rings (SSSR count). The van der Waals surface area contributed by atoms with E-state index in [2.05, 4.69) is 35.5 Å². The van der Waals surface area contributed by atoms with Crippen molar-refractivity contribution in [3.63, 3.8) is 0 Å². The number of pyridine rings is 1. The number of nitrogens with zero attached hydrogens (tertiary/aromatic N) is 1. The zero-order valence-corrected chi connectivity index (χ0v) is 20.9. The molecule has 9 heteroatoms. The van der Waals surface area contributed by atoms with Crippen LogP contribution in [-0.4, -0.2) is 40.3 Å². The van der Waals surface area contributed by atoms with Gasteiger partial charge < -0.3 is 20.5 Å². The average molecular weight is 506 g/mol. The standard InChI is InChI=1S/C27H34F3N3O3/c1-15(2)7-17-8-20-24(12-27(5-4-6-27)36-26(20)32-13-17)31-14-25(35)23(33-16(3)34)11-19-21(29)9-18(28)10-22(19)30/h8-10,13,15,23-25,31,35H,4-7,11-12,14H2,1-3H3,(H,33,34)/t23-,24-,25-/m0/s1. The van der Waals surface area contributed by atoms with Gasteiger partial charge in [0.15, 0.2) is 0 Å². The first kappa shape index (κ1) is 26.4. The van der Waals surface area contributed by atoms with Crippen LogP contribution >= 0.6 is 0 Å². The van der Waals surface area contributed by atoms with Crippen LogP contribution < -0.4 is 15.4 Å². The molecule has 0 radical (unpaired) electrons. The molecule has 0 bridgehead atoms. The highest BCUT2D eigenvalue weighted by Gasteiger charge is 2.46. The van der Waals surface area contributed by atoms with Gasteiger partial charge in [0, 0.05) is 61.8 Å². The highest BCUT2D eigenvalue weighted by atomic mass is 19.1. The van der Waals surface area contributed by atoms with Gasteiger partial charge >= 0.3 is 0 Å². The van der Waals surface area contributed by atoms with Gasteiger partial charge in [0.05, 0.1) is 12.1 Å². The van der Waals surface area contributed by atoms with E-state index in [1.54, 1.807) is 0 Å². The minimum atomic E-state index is -1.16. The van der Waals surface area contributed by atoms with Crippen LogP contribution in [0.15, 0.2) is 24.4 Å². The minimum absolute atomic E-state index is 0.0595. The molecule has 1 fully saturated rings. The lowest BCUT2D eigenvalue weighted by molar-refractivity contribution is -0.120. The highest BCUT2D eigenvalue weighted by Crippen LogP contribution is 2.48. The number of carbonyl (C=O) groups excluding carboxylic acids is 1. The van der Waals surface area contributed by atoms with Crippen molar-refractivity contribution in [3.05, 3.63) is 58.5 Å². The van der Waals surface area contributed by atoms with Crippen molar-refractivity contribution in [3.8, 4) is 5.88 Å². The lowest BCUT2D eigenvalue weighted by Gasteiger charge is -2.47. The Morgan fingerprint density at radius 3 is 2.47 bits per heavy atom. The van der Waals surface area contributed by atoms with E-state index in [4.69, 9.17) is 4.74 Å². The van der Waals surface area contributed by atoms with E-state index >= 15 is 0 Å². The quantitative estimate of drug-likeness (QED) is 0.477. The largest absolute Gasteiger partial charge is 0.471 e. The number of halogens is 3. The first-order chi connectivity index (χ1) is 17.0. The number of aliphatic hydroxyl groups excluding tert-OH is 1. The number of ether oxygens (including phenoxy) is 1. The summed E-state index contributed by atoms with van der Waals surface area (Å²) < 4.78 is 48.1. The topological polar surface area (TPSA) is 83.5 Å². The third-order valence-corrected chi connectivity index (χ3v) is 7.07. The second-order valence-corrected chi connectivity index (χ2v) is 10.6. The van der Waals surface area contributed by atoms with E-state index in [0.717, 1.165) is 36.8 Å². The Morgan fingerprint density at radius 1 is 1.19 bits per heavy atom. The Labute approximate surface area is 209 Å². The number of hydrogen-bond acceptors (Lipinski definition) is 5. The molecule has 2 aromatic rings. The van der Waals surface area contributed by atoms with Gasteiger partial charge in [-0.15, -0.1) is 0 Å². The Hall–Kier alpha value is -2.65. The van der Waals surface area contributed by atoms with E-state index in [0.29, 0.717) is 30.4 Å². The molecule has 3 N–H and O–H groups in total. The van der Waals surface area contributed by atoms with Crippen molar-refractivity contribution in [2.75, 3.05) is 6.54 Å². The monoisotopic (exact) mass is 505 g/mol. The van der Waals surface area contributed by atoms with E-state index < -0.39 is 35.5 Å². The number of benzene rings is 1. The van der Waals surface area contributed by atoms with Gasteiger partial charge in [0.1, 0.15) is 23.1 Å². The zero-order chi connectivity index (χ0) is 26.0. The van der Waals surface area contributed by atoms with Crippen LogP contribution in [0.1, 0.15) is 69.2 Å². The van der Waals surface area contributed by atoms with Crippen molar-refractivity contribution in [2.45, 2.75) is 83.1 Å². The third kappa shape index (κ3) is 6.00. The summed E-state index contributed by atoms with van der Waals surface area (Å²) in [6.45, 7) is 5.60. The zero-order valence-electron chi connectivity index (χ0n) is 20.9. The first-order valence-corrected chi connectivity index (χ1v) is 12.5. The maximum atomic E-state index is 14.3. The lowest BCUT2D eigenvalue weighted by atomic mass is 9.73. The minimum Gasteiger partial charge on any atom is -0.471 e. The van der Waals surface area contributed by atoms with Crippen molar-refractivity contribution < 1.29 is 27.8 Å². The second-order valence-electron chi connectivity index (χ2n) is 10.6. The molecule has 1 spiro atoms. The van der Waals surface area contributed by atoms with Crippen molar-refractivity contribution in [1.82, 2.24) is 15.6 Å². The average Bonchev–Trinajstić information content (AvgIpc) is 2.77. The van der Waals surface area contributed by atoms with Crippen LogP contribution in [0.4, 0.5) is 13.2 Å². The number of rotatable bonds is 9. The predicted molar refractivity (Wildman–Crippen MR) is 129 cm³/mol. The molecule has 1 saturated carbocycles. The molecule has 6 nitrogen and oxygen atoms in total. The smallest absolute Gasteiger partial charge is 0.218 e. The van der Waals surface area contributed by atoms with Crippen molar-refractivity contribution in [2.24, 2.45) is 5.92 Å². The number of nitrogens with one attached hydrogen (secondary N) is 2. The van der Waals surface area contributed by atoms with Crippen LogP contribution in [0.2, 0.25) is 0 Å². The summed E-state index contributed by atoms with van der Waals surface area (Å²) in [5, 5.41) is 16.9. The molecule has 2 aliphatic rings. The molecule has 1 aromatic carbocycles. The Morgan fingerprint density at radius 2 is 1.89 bits per heavy atom. The Bertz CT molecular complexity index is 1080. The van der Waals surface area contributed by atoms with E-state index in [1.807, 2.05) is 6.20 Å². The summed E-state index contributed by atoms with van der Waals surface area (Å²) in [6.07, 6.45) is 4.89. The van der Waals surface area contributed by atoms with Gasteiger partial charge in [-0.2, -0.15) is 0 Å². The van der Waals surface area contributed by atoms with Gasteiger partial charge in [-0.25, -0.2) is 18.2 Å². The summed E-state index contributed by atoms with van der Waals surface area (Å²) in [5.74, 6) is -2.54. The molecule has 36 heavy (non-hydrogen) atoms. The van der Waals surface area contributed by atoms with Crippen LogP contribution in [0.5, 0.6) is 5.88 Å². The molecule has 0 saturated heterocycles. The highest BCUT2D eigenvalue weighted by molar-refractivity contribution is 5.73.